The molecule has 1 aromatic heterocycles. The van der Waals surface area contributed by atoms with Crippen molar-refractivity contribution in [2.45, 2.75) is 13.0 Å². The van der Waals surface area contributed by atoms with E-state index in [1.807, 2.05) is 6.07 Å². The van der Waals surface area contributed by atoms with E-state index < -0.39 is 6.10 Å². The number of carbonyl (C=O) groups excluding carboxylic acids is 1. The monoisotopic (exact) mass is 177 g/mol. The lowest BCUT2D eigenvalue weighted by Gasteiger charge is -2.11. The molecule has 1 aromatic rings. The Hall–Kier alpha value is -1.64. The zero-order chi connectivity index (χ0) is 9.68. The van der Waals surface area contributed by atoms with Crippen LogP contribution < -0.4 is 0 Å². The van der Waals surface area contributed by atoms with Gasteiger partial charge in [0, 0.05) is 24.9 Å². The van der Waals surface area contributed by atoms with E-state index in [1.54, 1.807) is 24.5 Å². The van der Waals surface area contributed by atoms with Gasteiger partial charge in [0.25, 0.3) is 0 Å². The van der Waals surface area contributed by atoms with Crippen molar-refractivity contribution in [2.24, 2.45) is 0 Å². The first-order valence-corrected chi connectivity index (χ1v) is 3.93. The first-order valence-electron chi connectivity index (χ1n) is 3.93. The van der Waals surface area contributed by atoms with Gasteiger partial charge in [-0.25, -0.2) is 0 Å². The van der Waals surface area contributed by atoms with Crippen molar-refractivity contribution in [1.29, 1.82) is 0 Å². The van der Waals surface area contributed by atoms with Crippen LogP contribution in [0.25, 0.3) is 0 Å². The highest BCUT2D eigenvalue weighted by Gasteiger charge is 2.09. The molecule has 0 aliphatic carbocycles. The van der Waals surface area contributed by atoms with E-state index in [2.05, 4.69) is 11.6 Å². The summed E-state index contributed by atoms with van der Waals surface area (Å²) in [7, 11) is 0. The van der Waals surface area contributed by atoms with Gasteiger partial charge >= 0.3 is 5.97 Å². The Morgan fingerprint density at radius 3 is 3.00 bits per heavy atom. The van der Waals surface area contributed by atoms with Crippen molar-refractivity contribution in [3.05, 3.63) is 42.7 Å². The van der Waals surface area contributed by atoms with Crippen LogP contribution in [-0.2, 0) is 9.53 Å². The van der Waals surface area contributed by atoms with Crippen LogP contribution in [0.1, 0.15) is 18.6 Å². The topological polar surface area (TPSA) is 39.2 Å². The molecule has 1 unspecified atom stereocenters. The largest absolute Gasteiger partial charge is 0.453 e. The molecule has 0 amide bonds. The van der Waals surface area contributed by atoms with Gasteiger partial charge in [0.15, 0.2) is 0 Å². The normalized spacial score (nSPS) is 11.8. The maximum Gasteiger partial charge on any atom is 0.303 e. The quantitative estimate of drug-likeness (QED) is 0.522. The van der Waals surface area contributed by atoms with E-state index in [0.717, 1.165) is 5.56 Å². The molecule has 0 aromatic carbocycles. The molecule has 68 valence electrons. The summed E-state index contributed by atoms with van der Waals surface area (Å²) in [5.74, 6) is -0.325. The minimum absolute atomic E-state index is 0.325. The zero-order valence-corrected chi connectivity index (χ0v) is 7.43. The molecule has 0 saturated carbocycles. The Bertz CT molecular complexity index is 295. The molecule has 1 rings (SSSR count). The Kier molecular flexibility index (Phi) is 3.20. The van der Waals surface area contributed by atoms with Crippen LogP contribution in [0.5, 0.6) is 0 Å². The maximum absolute atomic E-state index is 10.7. The lowest BCUT2D eigenvalue weighted by molar-refractivity contribution is -0.144. The molecule has 0 saturated heterocycles. The summed E-state index contributed by atoms with van der Waals surface area (Å²) in [6.07, 6.45) is 4.48. The summed E-state index contributed by atoms with van der Waals surface area (Å²) in [6.45, 7) is 4.95. The average Bonchev–Trinajstić information content (AvgIpc) is 2.15. The molecule has 0 fully saturated rings. The molecule has 13 heavy (non-hydrogen) atoms. The number of pyridine rings is 1. The minimum Gasteiger partial charge on any atom is -0.453 e. The van der Waals surface area contributed by atoms with Gasteiger partial charge in [-0.15, -0.1) is 0 Å². The number of rotatable bonds is 3. The summed E-state index contributed by atoms with van der Waals surface area (Å²) < 4.78 is 4.99. The molecule has 0 spiro atoms. The van der Waals surface area contributed by atoms with Crippen LogP contribution in [0.15, 0.2) is 37.2 Å². The van der Waals surface area contributed by atoms with Crippen LogP contribution in [0, 0.1) is 0 Å². The first kappa shape index (κ1) is 9.45. The molecule has 0 aliphatic heterocycles. The third-order valence-electron chi connectivity index (χ3n) is 1.52. The SMILES string of the molecule is C=CC(OC(C)=O)c1cccnc1. The van der Waals surface area contributed by atoms with E-state index in [0.29, 0.717) is 0 Å². The number of nitrogens with zero attached hydrogens (tertiary/aromatic N) is 1. The van der Waals surface area contributed by atoms with Gasteiger partial charge in [0.1, 0.15) is 6.10 Å². The van der Waals surface area contributed by atoms with E-state index in [4.69, 9.17) is 4.74 Å². The highest BCUT2D eigenvalue weighted by atomic mass is 16.5. The van der Waals surface area contributed by atoms with Gasteiger partial charge < -0.3 is 4.74 Å². The number of esters is 1. The lowest BCUT2D eigenvalue weighted by atomic mass is 10.1. The van der Waals surface area contributed by atoms with Gasteiger partial charge in [0.05, 0.1) is 0 Å². The predicted molar refractivity (Wildman–Crippen MR) is 48.9 cm³/mol. The molecule has 3 nitrogen and oxygen atoms in total. The summed E-state index contributed by atoms with van der Waals surface area (Å²) in [5, 5.41) is 0. The predicted octanol–water partition coefficient (Wildman–Crippen LogP) is 1.87. The van der Waals surface area contributed by atoms with Gasteiger partial charge in [-0.3, -0.25) is 9.78 Å². The van der Waals surface area contributed by atoms with Crippen molar-refractivity contribution >= 4 is 5.97 Å². The summed E-state index contributed by atoms with van der Waals surface area (Å²) in [5.41, 5.74) is 0.827. The number of carbonyl (C=O) groups is 1. The second kappa shape index (κ2) is 4.40. The number of hydrogen-bond donors (Lipinski definition) is 0. The summed E-state index contributed by atoms with van der Waals surface area (Å²) in [4.78, 5) is 14.6. The van der Waals surface area contributed by atoms with Gasteiger partial charge in [0.2, 0.25) is 0 Å². The molecular formula is C10H11NO2. The molecular weight excluding hydrogens is 166 g/mol. The lowest BCUT2D eigenvalue weighted by Crippen LogP contribution is -2.05. The molecule has 0 radical (unpaired) electrons. The van der Waals surface area contributed by atoms with Crippen LogP contribution in [0.4, 0.5) is 0 Å². The van der Waals surface area contributed by atoms with Crippen LogP contribution in [0.2, 0.25) is 0 Å². The second-order valence-corrected chi connectivity index (χ2v) is 2.55. The third kappa shape index (κ3) is 2.71. The molecule has 3 heteroatoms. The number of aromatic nitrogens is 1. The molecule has 0 aliphatic rings. The zero-order valence-electron chi connectivity index (χ0n) is 7.43. The van der Waals surface area contributed by atoms with Crippen LogP contribution >= 0.6 is 0 Å². The Morgan fingerprint density at radius 1 is 1.77 bits per heavy atom. The molecule has 1 atom stereocenters. The van der Waals surface area contributed by atoms with Gasteiger partial charge in [-0.05, 0) is 12.1 Å². The Labute approximate surface area is 77.1 Å². The third-order valence-corrected chi connectivity index (χ3v) is 1.52. The number of ether oxygens (including phenoxy) is 1. The van der Waals surface area contributed by atoms with Crippen molar-refractivity contribution in [1.82, 2.24) is 4.98 Å². The minimum atomic E-state index is -0.397. The fourth-order valence-electron chi connectivity index (χ4n) is 0.975. The molecule has 1 heterocycles. The average molecular weight is 177 g/mol. The first-order chi connectivity index (χ1) is 6.24. The Balaban J connectivity index is 2.78. The van der Waals surface area contributed by atoms with Crippen molar-refractivity contribution in [3.63, 3.8) is 0 Å². The van der Waals surface area contributed by atoms with Gasteiger partial charge in [-0.2, -0.15) is 0 Å². The second-order valence-electron chi connectivity index (χ2n) is 2.55. The van der Waals surface area contributed by atoms with Crippen molar-refractivity contribution in [2.75, 3.05) is 0 Å². The highest BCUT2D eigenvalue weighted by Crippen LogP contribution is 2.16. The van der Waals surface area contributed by atoms with Crippen LogP contribution in [0.3, 0.4) is 0 Å². The van der Waals surface area contributed by atoms with E-state index >= 15 is 0 Å². The highest BCUT2D eigenvalue weighted by molar-refractivity contribution is 5.66. The van der Waals surface area contributed by atoms with Gasteiger partial charge in [-0.1, -0.05) is 12.6 Å². The van der Waals surface area contributed by atoms with Crippen LogP contribution in [-0.4, -0.2) is 11.0 Å². The fraction of sp³-hybridized carbons (Fsp3) is 0.200. The number of hydrogen-bond acceptors (Lipinski definition) is 3. The van der Waals surface area contributed by atoms with Crippen molar-refractivity contribution < 1.29 is 9.53 Å². The summed E-state index contributed by atoms with van der Waals surface area (Å²) >= 11 is 0. The molecule has 0 bridgehead atoms. The maximum atomic E-state index is 10.7. The van der Waals surface area contributed by atoms with E-state index in [-0.39, 0.29) is 5.97 Å². The summed E-state index contributed by atoms with van der Waals surface area (Å²) in [6, 6.07) is 3.62. The Morgan fingerprint density at radius 2 is 2.54 bits per heavy atom. The standard InChI is InChI=1S/C10H11NO2/c1-3-10(13-8(2)12)9-5-4-6-11-7-9/h3-7,10H,1H2,2H3. The van der Waals surface area contributed by atoms with E-state index in [9.17, 15) is 4.79 Å². The van der Waals surface area contributed by atoms with Crippen molar-refractivity contribution in [3.8, 4) is 0 Å². The smallest absolute Gasteiger partial charge is 0.303 e. The molecule has 0 N–H and O–H groups in total. The van der Waals surface area contributed by atoms with E-state index in [1.165, 1.54) is 6.92 Å². The fourth-order valence-corrected chi connectivity index (χ4v) is 0.975.